The van der Waals surface area contributed by atoms with Gasteiger partial charge < -0.3 is 9.30 Å². The molecular formula is C14H11BrFNO3. The number of hydrogen-bond donors (Lipinski definition) is 0. The molecule has 0 atom stereocenters. The van der Waals surface area contributed by atoms with E-state index in [1.165, 1.54) is 36.1 Å². The largest absolute Gasteiger partial charge is 0.465 e. The first-order valence-electron chi connectivity index (χ1n) is 5.74. The highest BCUT2D eigenvalue weighted by atomic mass is 79.9. The van der Waals surface area contributed by atoms with Crippen LogP contribution >= 0.6 is 15.9 Å². The van der Waals surface area contributed by atoms with Gasteiger partial charge >= 0.3 is 5.97 Å². The summed E-state index contributed by atoms with van der Waals surface area (Å²) < 4.78 is 20.2. The summed E-state index contributed by atoms with van der Waals surface area (Å²) >= 11 is 3.17. The SMILES string of the molecule is COC(=O)c1ccc(=O)n(Cc2ccc(Br)cc2F)c1. The number of ether oxygens (including phenoxy) is 1. The van der Waals surface area contributed by atoms with E-state index < -0.39 is 11.8 Å². The van der Waals surface area contributed by atoms with Crippen LogP contribution in [-0.4, -0.2) is 17.6 Å². The number of halogens is 2. The Labute approximate surface area is 122 Å². The van der Waals surface area contributed by atoms with Crippen molar-refractivity contribution in [1.82, 2.24) is 4.57 Å². The summed E-state index contributed by atoms with van der Waals surface area (Å²) in [6, 6.07) is 7.22. The van der Waals surface area contributed by atoms with Crippen LogP contribution in [0.4, 0.5) is 4.39 Å². The standard InChI is InChI=1S/C14H11BrFNO3/c1-20-14(19)10-3-5-13(18)17(8-10)7-9-2-4-11(15)6-12(9)16/h2-6,8H,7H2,1H3. The van der Waals surface area contributed by atoms with Crippen LogP contribution in [0, 0.1) is 5.82 Å². The lowest BCUT2D eigenvalue weighted by Crippen LogP contribution is -2.21. The topological polar surface area (TPSA) is 48.3 Å². The minimum atomic E-state index is -0.546. The van der Waals surface area contributed by atoms with Crippen molar-refractivity contribution in [2.75, 3.05) is 7.11 Å². The van der Waals surface area contributed by atoms with Crippen molar-refractivity contribution in [3.63, 3.8) is 0 Å². The molecular weight excluding hydrogens is 329 g/mol. The fourth-order valence-electron chi connectivity index (χ4n) is 1.73. The summed E-state index contributed by atoms with van der Waals surface area (Å²) in [6.07, 6.45) is 1.36. The van der Waals surface area contributed by atoms with E-state index in [0.717, 1.165) is 0 Å². The third kappa shape index (κ3) is 3.14. The van der Waals surface area contributed by atoms with E-state index in [9.17, 15) is 14.0 Å². The Morgan fingerprint density at radius 1 is 1.35 bits per heavy atom. The van der Waals surface area contributed by atoms with Gasteiger partial charge in [0.05, 0.1) is 19.2 Å². The van der Waals surface area contributed by atoms with E-state index in [-0.39, 0.29) is 17.7 Å². The van der Waals surface area contributed by atoms with Gasteiger partial charge in [-0.15, -0.1) is 0 Å². The molecule has 0 aliphatic carbocycles. The van der Waals surface area contributed by atoms with Crippen LogP contribution in [0.15, 0.2) is 45.8 Å². The second kappa shape index (κ2) is 6.00. The van der Waals surface area contributed by atoms with Gasteiger partial charge in [-0.1, -0.05) is 22.0 Å². The molecule has 1 aromatic carbocycles. The van der Waals surface area contributed by atoms with Crippen molar-refractivity contribution in [3.8, 4) is 0 Å². The summed E-state index contributed by atoms with van der Waals surface area (Å²) in [6.45, 7) is 0.0444. The lowest BCUT2D eigenvalue weighted by molar-refractivity contribution is 0.0599. The summed E-state index contributed by atoms with van der Waals surface area (Å²) in [4.78, 5) is 23.2. The number of aromatic nitrogens is 1. The quantitative estimate of drug-likeness (QED) is 0.807. The number of pyridine rings is 1. The molecule has 6 heteroatoms. The number of carbonyl (C=O) groups excluding carboxylic acids is 1. The molecule has 1 aromatic heterocycles. The van der Waals surface area contributed by atoms with Crippen molar-refractivity contribution in [2.24, 2.45) is 0 Å². The molecule has 0 aliphatic rings. The lowest BCUT2D eigenvalue weighted by atomic mass is 10.2. The van der Waals surface area contributed by atoms with Crippen molar-refractivity contribution in [2.45, 2.75) is 6.54 Å². The number of carbonyl (C=O) groups is 1. The summed E-state index contributed by atoms with van der Waals surface area (Å²) in [7, 11) is 1.26. The van der Waals surface area contributed by atoms with Crippen LogP contribution in [0.25, 0.3) is 0 Å². The molecule has 0 spiro atoms. The first kappa shape index (κ1) is 14.5. The average molecular weight is 340 g/mol. The third-order valence-corrected chi connectivity index (χ3v) is 3.25. The fourth-order valence-corrected chi connectivity index (χ4v) is 2.06. The van der Waals surface area contributed by atoms with Crippen molar-refractivity contribution < 1.29 is 13.9 Å². The van der Waals surface area contributed by atoms with Gasteiger partial charge in [-0.25, -0.2) is 9.18 Å². The van der Waals surface area contributed by atoms with E-state index in [4.69, 9.17) is 0 Å². The second-order valence-electron chi connectivity index (χ2n) is 4.11. The van der Waals surface area contributed by atoms with Crippen molar-refractivity contribution in [1.29, 1.82) is 0 Å². The highest BCUT2D eigenvalue weighted by molar-refractivity contribution is 9.10. The van der Waals surface area contributed by atoms with E-state index in [0.29, 0.717) is 10.0 Å². The number of methoxy groups -OCH3 is 1. The van der Waals surface area contributed by atoms with Crippen LogP contribution < -0.4 is 5.56 Å². The Morgan fingerprint density at radius 3 is 2.75 bits per heavy atom. The molecule has 0 aliphatic heterocycles. The number of hydrogen-bond acceptors (Lipinski definition) is 3. The molecule has 0 amide bonds. The van der Waals surface area contributed by atoms with Crippen LogP contribution in [0.2, 0.25) is 0 Å². The van der Waals surface area contributed by atoms with Gasteiger partial charge in [-0.3, -0.25) is 4.79 Å². The molecule has 0 saturated heterocycles. The maximum absolute atomic E-state index is 13.8. The zero-order valence-electron chi connectivity index (χ0n) is 10.6. The van der Waals surface area contributed by atoms with E-state index in [2.05, 4.69) is 20.7 Å². The van der Waals surface area contributed by atoms with E-state index in [1.807, 2.05) is 0 Å². The van der Waals surface area contributed by atoms with Gasteiger partial charge in [0, 0.05) is 22.3 Å². The van der Waals surface area contributed by atoms with Gasteiger partial charge in [0.2, 0.25) is 0 Å². The molecule has 0 radical (unpaired) electrons. The molecule has 0 N–H and O–H groups in total. The zero-order chi connectivity index (χ0) is 14.7. The molecule has 1 heterocycles. The molecule has 0 saturated carbocycles. The summed E-state index contributed by atoms with van der Waals surface area (Å²) in [5.74, 6) is -0.968. The maximum atomic E-state index is 13.8. The number of esters is 1. The number of benzene rings is 1. The average Bonchev–Trinajstić information content (AvgIpc) is 2.43. The van der Waals surface area contributed by atoms with Crippen molar-refractivity contribution >= 4 is 21.9 Å². The Morgan fingerprint density at radius 2 is 2.10 bits per heavy atom. The second-order valence-corrected chi connectivity index (χ2v) is 5.03. The van der Waals surface area contributed by atoms with Crippen molar-refractivity contribution in [3.05, 3.63) is 68.3 Å². The molecule has 2 rings (SSSR count). The van der Waals surface area contributed by atoms with Crippen LogP contribution in [0.3, 0.4) is 0 Å². The normalized spacial score (nSPS) is 10.3. The van der Waals surface area contributed by atoms with Crippen LogP contribution in [0.1, 0.15) is 15.9 Å². The molecule has 20 heavy (non-hydrogen) atoms. The minimum Gasteiger partial charge on any atom is -0.465 e. The highest BCUT2D eigenvalue weighted by Gasteiger charge is 2.09. The van der Waals surface area contributed by atoms with Crippen LogP contribution in [-0.2, 0) is 11.3 Å². The Hall–Kier alpha value is -1.95. The van der Waals surface area contributed by atoms with Gasteiger partial charge in [-0.2, -0.15) is 0 Å². The predicted octanol–water partition coefficient (Wildman–Crippen LogP) is 2.58. The first-order valence-corrected chi connectivity index (χ1v) is 6.53. The smallest absolute Gasteiger partial charge is 0.339 e. The molecule has 104 valence electrons. The van der Waals surface area contributed by atoms with Crippen LogP contribution in [0.5, 0.6) is 0 Å². The van der Waals surface area contributed by atoms with Gasteiger partial charge in [0.15, 0.2) is 0 Å². The van der Waals surface area contributed by atoms with E-state index in [1.54, 1.807) is 12.1 Å². The maximum Gasteiger partial charge on any atom is 0.339 e. The zero-order valence-corrected chi connectivity index (χ0v) is 12.2. The predicted molar refractivity (Wildman–Crippen MR) is 75.2 cm³/mol. The first-order chi connectivity index (χ1) is 9.51. The van der Waals surface area contributed by atoms with E-state index >= 15 is 0 Å². The summed E-state index contributed by atoms with van der Waals surface area (Å²) in [5, 5.41) is 0. The Bertz CT molecular complexity index is 712. The highest BCUT2D eigenvalue weighted by Crippen LogP contribution is 2.16. The molecule has 0 bridgehead atoms. The summed E-state index contributed by atoms with van der Waals surface area (Å²) in [5.41, 5.74) is 0.280. The van der Waals surface area contributed by atoms with Gasteiger partial charge in [-0.05, 0) is 18.2 Å². The monoisotopic (exact) mass is 339 g/mol. The molecule has 0 unspecified atom stereocenters. The number of rotatable bonds is 3. The third-order valence-electron chi connectivity index (χ3n) is 2.76. The van der Waals surface area contributed by atoms with Gasteiger partial charge in [0.1, 0.15) is 5.82 Å². The number of nitrogens with zero attached hydrogens (tertiary/aromatic N) is 1. The molecule has 2 aromatic rings. The fraction of sp³-hybridized carbons (Fsp3) is 0.143. The Balaban J connectivity index is 2.37. The Kier molecular flexibility index (Phi) is 4.34. The molecule has 0 fully saturated rings. The van der Waals surface area contributed by atoms with Gasteiger partial charge in [0.25, 0.3) is 5.56 Å². The minimum absolute atomic E-state index is 0.0444. The molecule has 4 nitrogen and oxygen atoms in total. The lowest BCUT2D eigenvalue weighted by Gasteiger charge is -2.08.